The molecule has 0 unspecified atom stereocenters. The number of halogens is 1. The van der Waals surface area contributed by atoms with Crippen LogP contribution in [0.4, 0.5) is 5.13 Å². The van der Waals surface area contributed by atoms with Gasteiger partial charge in [0.2, 0.25) is 5.60 Å². The number of carbonyl (C=O) groups is 5. The molecule has 0 radical (unpaired) electrons. The number of thiazole rings is 1. The van der Waals surface area contributed by atoms with Crippen LogP contribution in [-0.4, -0.2) is 126 Å². The van der Waals surface area contributed by atoms with Crippen molar-refractivity contribution < 1.29 is 53.7 Å². The van der Waals surface area contributed by atoms with Crippen molar-refractivity contribution >= 4 is 75.2 Å². The van der Waals surface area contributed by atoms with E-state index in [-0.39, 0.29) is 51.5 Å². The van der Waals surface area contributed by atoms with Gasteiger partial charge >= 0.3 is 11.9 Å². The summed E-state index contributed by atoms with van der Waals surface area (Å²) in [7, 11) is 3.89. The van der Waals surface area contributed by atoms with Crippen LogP contribution in [0.15, 0.2) is 33.9 Å². The summed E-state index contributed by atoms with van der Waals surface area (Å²) in [6.07, 6.45) is 1.74. The number of hydrogen-bond donors (Lipinski definition) is 7. The third-order valence-electron chi connectivity index (χ3n) is 9.18. The first-order valence-corrected chi connectivity index (χ1v) is 18.8. The monoisotopic (exact) mass is 796 g/mol. The lowest BCUT2D eigenvalue weighted by Crippen LogP contribution is -2.71. The van der Waals surface area contributed by atoms with Crippen LogP contribution in [0.2, 0.25) is 5.02 Å². The van der Waals surface area contributed by atoms with E-state index in [0.29, 0.717) is 29.3 Å². The van der Waals surface area contributed by atoms with Crippen molar-refractivity contribution in [3.8, 4) is 11.5 Å². The number of nitrogen functional groups attached to an aromatic ring is 1. The molecule has 53 heavy (non-hydrogen) atoms. The van der Waals surface area contributed by atoms with Crippen molar-refractivity contribution in [1.29, 1.82) is 0 Å². The van der Waals surface area contributed by atoms with Crippen LogP contribution < -0.4 is 16.4 Å². The summed E-state index contributed by atoms with van der Waals surface area (Å²) in [5.74, 6) is -5.50. The van der Waals surface area contributed by atoms with Crippen LogP contribution in [0.5, 0.6) is 11.5 Å². The zero-order chi connectivity index (χ0) is 39.6. The van der Waals surface area contributed by atoms with Gasteiger partial charge in [0.1, 0.15) is 29.4 Å². The van der Waals surface area contributed by atoms with Crippen molar-refractivity contribution in [2.75, 3.05) is 32.1 Å². The molecule has 2 aliphatic rings. The van der Waals surface area contributed by atoms with Crippen LogP contribution in [0.3, 0.4) is 0 Å². The molecule has 288 valence electrons. The number of β-lactam (4-membered cyclic amide) rings is 1. The number of rotatable bonds is 16. The minimum atomic E-state index is -1.80. The number of likely N-dealkylation sites (N-methyl/N-ethyl adjacent to an activating group) is 1. The molecule has 17 nitrogen and oxygen atoms in total. The van der Waals surface area contributed by atoms with E-state index in [4.69, 9.17) is 22.2 Å². The van der Waals surface area contributed by atoms with Gasteiger partial charge in [-0.05, 0) is 38.8 Å². The molecule has 8 N–H and O–H groups in total. The molecule has 0 spiro atoms. The number of nitrogens with zero attached hydrogens (tertiary/aromatic N) is 4. The number of fused-ring (bicyclic) bond motifs is 1. The first-order chi connectivity index (χ1) is 24.7. The van der Waals surface area contributed by atoms with Gasteiger partial charge in [-0.15, -0.1) is 23.1 Å². The number of anilines is 1. The number of hydrogen-bond acceptors (Lipinski definition) is 13. The predicted molar refractivity (Wildman–Crippen MR) is 198 cm³/mol. The number of nitrogens with two attached hydrogens (primary N) is 1. The smallest absolute Gasteiger partial charge is 0.352 e. The van der Waals surface area contributed by atoms with E-state index in [1.54, 1.807) is 0 Å². The lowest BCUT2D eigenvalue weighted by atomic mass is 9.97. The van der Waals surface area contributed by atoms with E-state index in [9.17, 15) is 44.4 Å². The Labute approximate surface area is 318 Å². The van der Waals surface area contributed by atoms with Crippen molar-refractivity contribution in [3.63, 3.8) is 0 Å². The molecule has 0 aliphatic carbocycles. The molecular formula is C33H43ClN7O10S2+. The highest BCUT2D eigenvalue weighted by atomic mass is 35.5. The van der Waals surface area contributed by atoms with Gasteiger partial charge in [-0.2, -0.15) is 0 Å². The molecule has 1 saturated heterocycles. The van der Waals surface area contributed by atoms with Crippen LogP contribution >= 0.6 is 34.7 Å². The minimum absolute atomic E-state index is 0.00155. The molecule has 3 heterocycles. The SMILES string of the molecule is CC[C@@H](C[C@@H](CC)[N+](C)(C)CC1=C(C(=O)O)N2C(=O)[C@@H](NC(=O)/C(=N\OC(C)(C)C(=O)O)c3csc(N)n3)[C@H]2SC1)NC(=O)c1ccc(O)c(O)c1Cl. The molecule has 0 bridgehead atoms. The zero-order valence-electron chi connectivity index (χ0n) is 29.9. The number of carboxylic acid groups (broad SMARTS) is 2. The second kappa shape index (κ2) is 16.2. The number of benzene rings is 1. The molecule has 2 aromatic rings. The highest BCUT2D eigenvalue weighted by Gasteiger charge is 2.55. The quantitative estimate of drug-likeness (QED) is 0.0425. The highest BCUT2D eigenvalue weighted by molar-refractivity contribution is 8.00. The number of quaternary nitrogens is 1. The van der Waals surface area contributed by atoms with Crippen LogP contribution in [0.25, 0.3) is 0 Å². The third kappa shape index (κ3) is 8.80. The Hall–Kier alpha value is -4.59. The lowest BCUT2D eigenvalue weighted by molar-refractivity contribution is -0.911. The standard InChI is InChI=1S/C33H42ClN7O10S2/c1-7-16(36-26(44)18-9-10-20(42)25(43)21(18)34)11-17(8-2)41(5,6)12-15-13-52-29-23(28(46)40(29)24(15)30(47)48)38-27(45)22(19-14-53-32(35)37-19)39-51-33(3,4)31(49)50/h9-10,14,16-17,23,29H,7-8,11-13H2,1-6H3,(H7-,35,36,37,38,39,42,43,44,45,47,48,49,50)/p+1/t16-,17+,23+,29+/m0/s1. The van der Waals surface area contributed by atoms with Crippen LogP contribution in [0, 0.1) is 0 Å². The van der Waals surface area contributed by atoms with Gasteiger partial charge < -0.3 is 46.1 Å². The van der Waals surface area contributed by atoms with Gasteiger partial charge in [-0.1, -0.05) is 30.6 Å². The number of carbonyl (C=O) groups excluding carboxylic acids is 3. The molecule has 1 aromatic heterocycles. The second-order valence-corrected chi connectivity index (χ2v) is 16.0. The summed E-state index contributed by atoms with van der Waals surface area (Å²) in [4.78, 5) is 74.6. The van der Waals surface area contributed by atoms with E-state index in [0.717, 1.165) is 16.2 Å². The van der Waals surface area contributed by atoms with Crippen molar-refractivity contribution in [1.82, 2.24) is 20.5 Å². The summed E-state index contributed by atoms with van der Waals surface area (Å²) < 4.78 is 0.326. The molecule has 4 atom stereocenters. The van der Waals surface area contributed by atoms with Crippen molar-refractivity contribution in [2.45, 2.75) is 76.1 Å². The Balaban J connectivity index is 1.50. The minimum Gasteiger partial charge on any atom is -0.504 e. The van der Waals surface area contributed by atoms with Gasteiger partial charge in [-0.25, -0.2) is 14.6 Å². The van der Waals surface area contributed by atoms with Gasteiger partial charge in [0.15, 0.2) is 22.3 Å². The maximum Gasteiger partial charge on any atom is 0.352 e. The van der Waals surface area contributed by atoms with Gasteiger partial charge in [-0.3, -0.25) is 19.3 Å². The van der Waals surface area contributed by atoms with E-state index in [1.807, 2.05) is 27.9 Å². The van der Waals surface area contributed by atoms with Crippen molar-refractivity contribution in [3.05, 3.63) is 45.1 Å². The molecule has 20 heteroatoms. The summed E-state index contributed by atoms with van der Waals surface area (Å²) in [5, 5.41) is 49.2. The number of phenols is 2. The molecule has 4 rings (SSSR count). The Morgan fingerprint density at radius 1 is 1.19 bits per heavy atom. The van der Waals surface area contributed by atoms with Gasteiger partial charge in [0, 0.05) is 29.2 Å². The number of thioether (sulfide) groups is 1. The number of aromatic nitrogens is 1. The Bertz CT molecular complexity index is 1860. The number of nitrogens with one attached hydrogen (secondary N) is 2. The summed E-state index contributed by atoms with van der Waals surface area (Å²) in [6.45, 7) is 6.63. The first-order valence-electron chi connectivity index (χ1n) is 16.5. The van der Waals surface area contributed by atoms with Crippen molar-refractivity contribution in [2.24, 2.45) is 5.16 Å². The number of amides is 3. The summed E-state index contributed by atoms with van der Waals surface area (Å²) in [5.41, 5.74) is 3.88. The molecule has 2 aliphatic heterocycles. The largest absolute Gasteiger partial charge is 0.504 e. The summed E-state index contributed by atoms with van der Waals surface area (Å²) in [6, 6.07) is 0.987. The normalized spacial score (nSPS) is 18.8. The van der Waals surface area contributed by atoms with Gasteiger partial charge in [0.25, 0.3) is 17.7 Å². The fourth-order valence-corrected chi connectivity index (χ4v) is 8.16. The van der Waals surface area contributed by atoms with E-state index in [2.05, 4.69) is 20.8 Å². The molecule has 0 saturated carbocycles. The van der Waals surface area contributed by atoms with Crippen LogP contribution in [0.1, 0.15) is 63.0 Å². The Morgan fingerprint density at radius 3 is 2.43 bits per heavy atom. The average Bonchev–Trinajstić information content (AvgIpc) is 3.52. The molecule has 1 fully saturated rings. The van der Waals surface area contributed by atoms with Crippen LogP contribution in [-0.2, 0) is 24.0 Å². The van der Waals surface area contributed by atoms with E-state index >= 15 is 0 Å². The number of aromatic hydroxyl groups is 2. The number of phenolic OH excluding ortho intramolecular Hbond substituents is 2. The molecule has 1 aromatic carbocycles. The molecular weight excluding hydrogens is 754 g/mol. The first kappa shape index (κ1) is 41.2. The number of carboxylic acids is 2. The maximum atomic E-state index is 13.5. The molecule has 3 amide bonds. The third-order valence-corrected chi connectivity index (χ3v) is 11.6. The number of aliphatic carboxylic acids is 2. The lowest BCUT2D eigenvalue weighted by Gasteiger charge is -2.50. The second-order valence-electron chi connectivity index (χ2n) is 13.6. The Morgan fingerprint density at radius 2 is 1.87 bits per heavy atom. The zero-order valence-corrected chi connectivity index (χ0v) is 32.3. The summed E-state index contributed by atoms with van der Waals surface area (Å²) >= 11 is 8.40. The average molecular weight is 797 g/mol. The fraction of sp³-hybridized carbons (Fsp3) is 0.485. The van der Waals surface area contributed by atoms with E-state index in [1.165, 1.54) is 43.1 Å². The fourth-order valence-electron chi connectivity index (χ4n) is 6.03. The number of oxime groups is 1. The topological polar surface area (TPSA) is 254 Å². The van der Waals surface area contributed by atoms with Gasteiger partial charge in [0.05, 0.1) is 30.7 Å². The maximum absolute atomic E-state index is 13.5. The predicted octanol–water partition coefficient (Wildman–Crippen LogP) is 2.57. The Kier molecular flexibility index (Phi) is 12.6. The highest BCUT2D eigenvalue weighted by Crippen LogP contribution is 2.41. The van der Waals surface area contributed by atoms with E-state index < -0.39 is 63.9 Å².